The molecule has 0 aliphatic rings. The molecule has 4 nitrogen and oxygen atoms in total. The van der Waals surface area contributed by atoms with Crippen molar-refractivity contribution in [3.8, 4) is 5.88 Å². The molecule has 1 aromatic rings. The first-order valence-corrected chi connectivity index (χ1v) is 6.55. The van der Waals surface area contributed by atoms with Gasteiger partial charge >= 0.3 is 0 Å². The first kappa shape index (κ1) is 15.2. The van der Waals surface area contributed by atoms with Crippen LogP contribution in [0.1, 0.15) is 39.2 Å². The Labute approximate surface area is 114 Å². The summed E-state index contributed by atoms with van der Waals surface area (Å²) in [6.45, 7) is 6.68. The fraction of sp³-hybridized carbons (Fsp3) is 0.692. The molecule has 18 heavy (non-hydrogen) atoms. The van der Waals surface area contributed by atoms with Crippen LogP contribution < -0.4 is 4.74 Å². The van der Waals surface area contributed by atoms with Gasteiger partial charge in [0, 0.05) is 13.5 Å². The smallest absolute Gasteiger partial charge is 0.221 e. The second-order valence-electron chi connectivity index (χ2n) is 4.76. The molecular formula is C13H21ClN2O2. The molecule has 0 N–H and O–H groups in total. The predicted molar refractivity (Wildman–Crippen MR) is 72.2 cm³/mol. The second kappa shape index (κ2) is 6.90. The van der Waals surface area contributed by atoms with Crippen molar-refractivity contribution < 1.29 is 9.47 Å². The molecule has 0 amide bonds. The first-order chi connectivity index (χ1) is 8.50. The number of halogens is 1. The Morgan fingerprint density at radius 3 is 2.67 bits per heavy atom. The van der Waals surface area contributed by atoms with Gasteiger partial charge < -0.3 is 9.47 Å². The molecule has 1 heterocycles. The topological polar surface area (TPSA) is 44.2 Å². The van der Waals surface area contributed by atoms with Crippen LogP contribution in [0.4, 0.5) is 0 Å². The van der Waals surface area contributed by atoms with Crippen molar-refractivity contribution in [2.24, 2.45) is 0 Å². The summed E-state index contributed by atoms with van der Waals surface area (Å²) in [5, 5.41) is 0.479. The molecule has 0 spiro atoms. The van der Waals surface area contributed by atoms with Gasteiger partial charge in [0.05, 0.1) is 17.8 Å². The van der Waals surface area contributed by atoms with E-state index in [2.05, 4.69) is 16.9 Å². The summed E-state index contributed by atoms with van der Waals surface area (Å²) in [4.78, 5) is 8.13. The maximum atomic E-state index is 6.05. The molecule has 1 aromatic heterocycles. The van der Waals surface area contributed by atoms with E-state index in [1.165, 1.54) is 6.33 Å². The van der Waals surface area contributed by atoms with Crippen LogP contribution in [0.3, 0.4) is 0 Å². The molecule has 0 aliphatic carbocycles. The van der Waals surface area contributed by atoms with Crippen molar-refractivity contribution in [3.63, 3.8) is 0 Å². The fourth-order valence-electron chi connectivity index (χ4n) is 1.46. The Balaban J connectivity index is 2.64. The van der Waals surface area contributed by atoms with E-state index in [1.807, 2.05) is 13.8 Å². The van der Waals surface area contributed by atoms with E-state index in [1.54, 1.807) is 7.11 Å². The van der Waals surface area contributed by atoms with E-state index in [9.17, 15) is 0 Å². The highest BCUT2D eigenvalue weighted by Crippen LogP contribution is 2.24. The van der Waals surface area contributed by atoms with Gasteiger partial charge in [-0.15, -0.1) is 0 Å². The van der Waals surface area contributed by atoms with Gasteiger partial charge in [0.15, 0.2) is 0 Å². The summed E-state index contributed by atoms with van der Waals surface area (Å²) in [5.41, 5.74) is 0.693. The number of hydrogen-bond donors (Lipinski definition) is 0. The van der Waals surface area contributed by atoms with Crippen molar-refractivity contribution >= 4 is 11.6 Å². The lowest BCUT2D eigenvalue weighted by Crippen LogP contribution is -2.25. The Hall–Kier alpha value is -0.870. The Morgan fingerprint density at radius 2 is 2.06 bits per heavy atom. The van der Waals surface area contributed by atoms with Crippen LogP contribution in [0.5, 0.6) is 5.88 Å². The molecule has 0 aromatic carbocycles. The number of hydrogen-bond acceptors (Lipinski definition) is 4. The third-order valence-corrected chi connectivity index (χ3v) is 3.17. The molecule has 5 heteroatoms. The summed E-state index contributed by atoms with van der Waals surface area (Å²) in [6.07, 6.45) is 4.02. The largest absolute Gasteiger partial charge is 0.477 e. The summed E-state index contributed by atoms with van der Waals surface area (Å²) in [6, 6.07) is 0. The summed E-state index contributed by atoms with van der Waals surface area (Å²) in [7, 11) is 1.70. The molecule has 0 aliphatic heterocycles. The average molecular weight is 273 g/mol. The van der Waals surface area contributed by atoms with Crippen LogP contribution in [0.15, 0.2) is 6.33 Å². The van der Waals surface area contributed by atoms with Gasteiger partial charge in [-0.1, -0.05) is 24.9 Å². The SMILES string of the molecule is CCCc1c(Cl)ncnc1OCCC(C)(C)OC. The van der Waals surface area contributed by atoms with Gasteiger partial charge in [-0.05, 0) is 20.3 Å². The van der Waals surface area contributed by atoms with E-state index >= 15 is 0 Å². The number of rotatable bonds is 7. The molecule has 0 fully saturated rings. The van der Waals surface area contributed by atoms with Crippen molar-refractivity contribution in [1.82, 2.24) is 9.97 Å². The van der Waals surface area contributed by atoms with E-state index in [4.69, 9.17) is 21.1 Å². The molecule has 0 atom stereocenters. The molecule has 0 bridgehead atoms. The first-order valence-electron chi connectivity index (χ1n) is 6.17. The molecule has 0 saturated heterocycles. The fourth-order valence-corrected chi connectivity index (χ4v) is 1.68. The van der Waals surface area contributed by atoms with Crippen LogP contribution in [0.25, 0.3) is 0 Å². The average Bonchev–Trinajstić information content (AvgIpc) is 2.33. The zero-order chi connectivity index (χ0) is 13.6. The maximum absolute atomic E-state index is 6.05. The highest BCUT2D eigenvalue weighted by Gasteiger charge is 2.17. The number of methoxy groups -OCH3 is 1. The highest BCUT2D eigenvalue weighted by molar-refractivity contribution is 6.30. The van der Waals surface area contributed by atoms with Crippen LogP contribution in [0.2, 0.25) is 5.15 Å². The standard InChI is InChI=1S/C13H21ClN2O2/c1-5-6-10-11(14)15-9-16-12(10)18-8-7-13(2,3)17-4/h9H,5-8H2,1-4H3. The van der Waals surface area contributed by atoms with Crippen LogP contribution in [0, 0.1) is 0 Å². The van der Waals surface area contributed by atoms with Gasteiger partial charge in [-0.2, -0.15) is 0 Å². The van der Waals surface area contributed by atoms with Gasteiger partial charge in [0.1, 0.15) is 11.5 Å². The third kappa shape index (κ3) is 4.42. The van der Waals surface area contributed by atoms with Crippen molar-refractivity contribution in [2.75, 3.05) is 13.7 Å². The third-order valence-electron chi connectivity index (χ3n) is 2.85. The minimum Gasteiger partial charge on any atom is -0.477 e. The maximum Gasteiger partial charge on any atom is 0.221 e. The van der Waals surface area contributed by atoms with Gasteiger partial charge in [0.2, 0.25) is 5.88 Å². The quantitative estimate of drug-likeness (QED) is 0.715. The van der Waals surface area contributed by atoms with Crippen LogP contribution in [-0.2, 0) is 11.2 Å². The lowest BCUT2D eigenvalue weighted by molar-refractivity contribution is 0.00498. The zero-order valence-electron chi connectivity index (χ0n) is 11.5. The Kier molecular flexibility index (Phi) is 5.82. The number of nitrogens with zero attached hydrogens (tertiary/aromatic N) is 2. The molecule has 0 saturated carbocycles. The summed E-state index contributed by atoms with van der Waals surface area (Å²) < 4.78 is 11.0. The van der Waals surface area contributed by atoms with E-state index in [0.29, 0.717) is 17.6 Å². The summed E-state index contributed by atoms with van der Waals surface area (Å²) >= 11 is 6.05. The monoisotopic (exact) mass is 272 g/mol. The normalized spacial score (nSPS) is 11.6. The minimum atomic E-state index is -0.193. The van der Waals surface area contributed by atoms with E-state index < -0.39 is 0 Å². The number of aromatic nitrogens is 2. The molecular weight excluding hydrogens is 252 g/mol. The lowest BCUT2D eigenvalue weighted by atomic mass is 10.1. The lowest BCUT2D eigenvalue weighted by Gasteiger charge is -2.22. The molecule has 0 unspecified atom stereocenters. The predicted octanol–water partition coefficient (Wildman–Crippen LogP) is 3.28. The van der Waals surface area contributed by atoms with Gasteiger partial charge in [-0.25, -0.2) is 9.97 Å². The van der Waals surface area contributed by atoms with Crippen LogP contribution >= 0.6 is 11.6 Å². The minimum absolute atomic E-state index is 0.193. The van der Waals surface area contributed by atoms with E-state index in [0.717, 1.165) is 24.8 Å². The molecule has 0 radical (unpaired) electrons. The zero-order valence-corrected chi connectivity index (χ0v) is 12.3. The second-order valence-corrected chi connectivity index (χ2v) is 5.12. The highest BCUT2D eigenvalue weighted by atomic mass is 35.5. The summed E-state index contributed by atoms with van der Waals surface area (Å²) in [5.74, 6) is 0.587. The molecule has 102 valence electrons. The van der Waals surface area contributed by atoms with Crippen molar-refractivity contribution in [3.05, 3.63) is 17.0 Å². The van der Waals surface area contributed by atoms with Crippen molar-refractivity contribution in [1.29, 1.82) is 0 Å². The van der Waals surface area contributed by atoms with Crippen LogP contribution in [-0.4, -0.2) is 29.3 Å². The van der Waals surface area contributed by atoms with E-state index in [-0.39, 0.29) is 5.60 Å². The Bertz CT molecular complexity index is 383. The Morgan fingerprint density at radius 1 is 1.33 bits per heavy atom. The van der Waals surface area contributed by atoms with Gasteiger partial charge in [0.25, 0.3) is 0 Å². The number of ether oxygens (including phenoxy) is 2. The van der Waals surface area contributed by atoms with Crippen molar-refractivity contribution in [2.45, 2.75) is 45.6 Å². The molecule has 1 rings (SSSR count). The van der Waals surface area contributed by atoms with Gasteiger partial charge in [-0.3, -0.25) is 0 Å².